The van der Waals surface area contributed by atoms with Crippen LogP contribution in [0.1, 0.15) is 40.2 Å². The summed E-state index contributed by atoms with van der Waals surface area (Å²) in [7, 11) is 0. The average molecular weight is 367 g/mol. The quantitative estimate of drug-likeness (QED) is 0.409. The van der Waals surface area contributed by atoms with Crippen LogP contribution in [0, 0.1) is 17.8 Å². The molecule has 0 saturated heterocycles. The van der Waals surface area contributed by atoms with Crippen molar-refractivity contribution in [3.63, 3.8) is 0 Å². The van der Waals surface area contributed by atoms with Crippen molar-refractivity contribution >= 4 is 11.9 Å². The fourth-order valence-electron chi connectivity index (χ4n) is 2.53. The number of phenols is 2. The van der Waals surface area contributed by atoms with Crippen molar-refractivity contribution in [2.45, 2.75) is 52.7 Å². The van der Waals surface area contributed by atoms with E-state index in [-0.39, 0.29) is 29.8 Å². The lowest BCUT2D eigenvalue weighted by molar-refractivity contribution is -0.162. The molecule has 0 spiro atoms. The molecule has 0 aliphatic carbocycles. The zero-order chi connectivity index (χ0) is 20.2. The Bertz CT molecular complexity index is 659. The number of rotatable bonds is 8. The fraction of sp³-hybridized carbons (Fsp3) is 0.579. The zero-order valence-corrected chi connectivity index (χ0v) is 15.9. The summed E-state index contributed by atoms with van der Waals surface area (Å²) in [6.07, 6.45) is -0.811. The number of aliphatic carboxylic acids is 1. The number of ether oxygens (including phenoxy) is 1. The Labute approximate surface area is 153 Å². The zero-order valence-electron chi connectivity index (χ0n) is 15.9. The third-order valence-corrected chi connectivity index (χ3v) is 5.13. The average Bonchev–Trinajstić information content (AvgIpc) is 2.56. The number of carboxylic acids is 1. The third-order valence-electron chi connectivity index (χ3n) is 5.13. The Morgan fingerprint density at radius 2 is 1.69 bits per heavy atom. The van der Waals surface area contributed by atoms with Gasteiger partial charge in [-0.2, -0.15) is 0 Å². The number of aromatic hydroxyl groups is 2. The lowest BCUT2D eigenvalue weighted by Crippen LogP contribution is -2.58. The standard InChI is InChI=1S/C19H29NO6/c1-10(2)11(3)17(23)26-13(5)12(4)19(20,18(24)25)9-14-6-7-15(21)16(22)8-14/h6-8,10-13,21-22H,9,20H2,1-5H3,(H,24,25)/t11?,12-,13-,19-/m1/s1. The summed E-state index contributed by atoms with van der Waals surface area (Å²) < 4.78 is 5.44. The second-order valence-electron chi connectivity index (χ2n) is 7.31. The van der Waals surface area contributed by atoms with E-state index in [1.165, 1.54) is 18.2 Å². The first kappa shape index (κ1) is 21.8. The lowest BCUT2D eigenvalue weighted by Gasteiger charge is -2.35. The second-order valence-corrected chi connectivity index (χ2v) is 7.31. The Morgan fingerprint density at radius 1 is 1.12 bits per heavy atom. The molecule has 5 N–H and O–H groups in total. The minimum absolute atomic E-state index is 0.0982. The highest BCUT2D eigenvalue weighted by atomic mass is 16.5. The van der Waals surface area contributed by atoms with Crippen LogP contribution in [0.5, 0.6) is 11.5 Å². The highest BCUT2D eigenvalue weighted by Crippen LogP contribution is 2.30. The number of hydrogen-bond acceptors (Lipinski definition) is 6. The Kier molecular flexibility index (Phi) is 7.03. The molecule has 0 aliphatic rings. The molecule has 1 aromatic carbocycles. The minimum atomic E-state index is -1.72. The summed E-state index contributed by atoms with van der Waals surface area (Å²) >= 11 is 0. The summed E-state index contributed by atoms with van der Waals surface area (Å²) in [4.78, 5) is 24.0. The molecule has 0 heterocycles. The molecule has 0 aromatic heterocycles. The lowest BCUT2D eigenvalue weighted by atomic mass is 9.78. The molecule has 0 amide bonds. The Balaban J connectivity index is 3.00. The van der Waals surface area contributed by atoms with Gasteiger partial charge >= 0.3 is 11.9 Å². The molecule has 7 nitrogen and oxygen atoms in total. The van der Waals surface area contributed by atoms with E-state index in [2.05, 4.69) is 0 Å². The Hall–Kier alpha value is -2.28. The first-order valence-electron chi connectivity index (χ1n) is 8.63. The first-order valence-corrected chi connectivity index (χ1v) is 8.63. The largest absolute Gasteiger partial charge is 0.504 e. The summed E-state index contributed by atoms with van der Waals surface area (Å²) in [5.74, 6) is -3.19. The molecule has 7 heteroatoms. The summed E-state index contributed by atoms with van der Waals surface area (Å²) in [5, 5.41) is 28.7. The number of phenolic OH excluding ortho intramolecular Hbond substituents is 2. The molecule has 146 valence electrons. The highest BCUT2D eigenvalue weighted by molar-refractivity contribution is 5.80. The van der Waals surface area contributed by atoms with Crippen LogP contribution < -0.4 is 5.73 Å². The summed E-state index contributed by atoms with van der Waals surface area (Å²) in [5.41, 5.74) is 4.91. The molecule has 0 bridgehead atoms. The second kappa shape index (κ2) is 8.40. The van der Waals surface area contributed by atoms with Crippen LogP contribution in [-0.2, 0) is 20.7 Å². The van der Waals surface area contributed by atoms with E-state index >= 15 is 0 Å². The fourth-order valence-corrected chi connectivity index (χ4v) is 2.53. The van der Waals surface area contributed by atoms with Crippen LogP contribution in [0.15, 0.2) is 18.2 Å². The van der Waals surface area contributed by atoms with Gasteiger partial charge in [-0.1, -0.05) is 33.8 Å². The normalized spacial score (nSPS) is 17.2. The van der Waals surface area contributed by atoms with Crippen molar-refractivity contribution in [2.24, 2.45) is 23.5 Å². The van der Waals surface area contributed by atoms with Gasteiger partial charge in [0, 0.05) is 12.3 Å². The molecule has 0 saturated carbocycles. The van der Waals surface area contributed by atoms with Gasteiger partial charge in [0.15, 0.2) is 11.5 Å². The van der Waals surface area contributed by atoms with Gasteiger partial charge in [-0.15, -0.1) is 0 Å². The number of carbonyl (C=O) groups is 2. The van der Waals surface area contributed by atoms with E-state index < -0.39 is 29.5 Å². The van der Waals surface area contributed by atoms with Crippen LogP contribution in [0.25, 0.3) is 0 Å². The predicted octanol–water partition coefficient (Wildman–Crippen LogP) is 2.28. The van der Waals surface area contributed by atoms with Crippen molar-refractivity contribution in [2.75, 3.05) is 0 Å². The molecule has 0 fully saturated rings. The van der Waals surface area contributed by atoms with Gasteiger partial charge in [0.05, 0.1) is 5.92 Å². The first-order chi connectivity index (χ1) is 11.9. The Morgan fingerprint density at radius 3 is 2.15 bits per heavy atom. The van der Waals surface area contributed by atoms with E-state index in [0.29, 0.717) is 5.56 Å². The molecule has 1 unspecified atom stereocenters. The van der Waals surface area contributed by atoms with Crippen LogP contribution in [0.4, 0.5) is 0 Å². The summed E-state index contributed by atoms with van der Waals surface area (Å²) in [6, 6.07) is 4.03. The van der Waals surface area contributed by atoms with E-state index in [1.807, 2.05) is 13.8 Å². The molecular formula is C19H29NO6. The molecular weight excluding hydrogens is 338 g/mol. The number of nitrogens with two attached hydrogens (primary N) is 1. The predicted molar refractivity (Wildman–Crippen MR) is 96.7 cm³/mol. The highest BCUT2D eigenvalue weighted by Gasteiger charge is 2.44. The van der Waals surface area contributed by atoms with Crippen LogP contribution in [0.3, 0.4) is 0 Å². The number of carbonyl (C=O) groups excluding carboxylic acids is 1. The van der Waals surface area contributed by atoms with Gasteiger partial charge < -0.3 is 25.8 Å². The van der Waals surface area contributed by atoms with Gasteiger partial charge in [0.2, 0.25) is 0 Å². The molecule has 1 rings (SSSR count). The van der Waals surface area contributed by atoms with Crippen molar-refractivity contribution in [3.05, 3.63) is 23.8 Å². The smallest absolute Gasteiger partial charge is 0.324 e. The number of esters is 1. The van der Waals surface area contributed by atoms with Crippen molar-refractivity contribution < 1.29 is 29.6 Å². The van der Waals surface area contributed by atoms with E-state index in [0.717, 1.165) is 0 Å². The number of benzene rings is 1. The van der Waals surface area contributed by atoms with Crippen molar-refractivity contribution in [1.82, 2.24) is 0 Å². The van der Waals surface area contributed by atoms with E-state index in [4.69, 9.17) is 10.5 Å². The monoisotopic (exact) mass is 367 g/mol. The molecule has 0 aliphatic heterocycles. The maximum absolute atomic E-state index is 12.2. The van der Waals surface area contributed by atoms with Crippen molar-refractivity contribution in [1.29, 1.82) is 0 Å². The molecule has 4 atom stereocenters. The van der Waals surface area contributed by atoms with Crippen molar-refractivity contribution in [3.8, 4) is 11.5 Å². The topological polar surface area (TPSA) is 130 Å². The van der Waals surface area contributed by atoms with Gasteiger partial charge in [-0.05, 0) is 30.5 Å². The minimum Gasteiger partial charge on any atom is -0.504 e. The van der Waals surface area contributed by atoms with Gasteiger partial charge in [0.25, 0.3) is 0 Å². The summed E-state index contributed by atoms with van der Waals surface area (Å²) in [6.45, 7) is 8.81. The number of hydrogen-bond donors (Lipinski definition) is 4. The molecule has 0 radical (unpaired) electrons. The SMILES string of the molecule is CC(C)C(C)C(=O)O[C@H](C)[C@@H](C)[C@](N)(Cc1ccc(O)c(O)c1)C(=O)O. The number of carboxylic acid groups (broad SMARTS) is 1. The van der Waals surface area contributed by atoms with Crippen LogP contribution in [-0.4, -0.2) is 38.9 Å². The van der Waals surface area contributed by atoms with Crippen LogP contribution in [0.2, 0.25) is 0 Å². The molecule has 26 heavy (non-hydrogen) atoms. The maximum atomic E-state index is 12.2. The van der Waals surface area contributed by atoms with Gasteiger partial charge in [-0.3, -0.25) is 9.59 Å². The van der Waals surface area contributed by atoms with Crippen LogP contribution >= 0.6 is 0 Å². The van der Waals surface area contributed by atoms with Gasteiger partial charge in [0.1, 0.15) is 11.6 Å². The van der Waals surface area contributed by atoms with E-state index in [9.17, 15) is 24.9 Å². The van der Waals surface area contributed by atoms with E-state index in [1.54, 1.807) is 20.8 Å². The van der Waals surface area contributed by atoms with Gasteiger partial charge in [-0.25, -0.2) is 0 Å². The molecule has 1 aromatic rings. The maximum Gasteiger partial charge on any atom is 0.324 e. The third kappa shape index (κ3) is 4.88.